The molecule has 0 heterocycles. The second-order valence-electron chi connectivity index (χ2n) is 5.39. The highest BCUT2D eigenvalue weighted by atomic mass is 35.5. The molecular formula is C19H13Cl2F3O5. The number of halogens is 5. The Balaban J connectivity index is 2.09. The lowest BCUT2D eigenvalue weighted by Gasteiger charge is -2.12. The number of hydrogen-bond acceptors (Lipinski definition) is 5. The summed E-state index contributed by atoms with van der Waals surface area (Å²) in [6.07, 6.45) is -3.58. The highest BCUT2D eigenvalue weighted by Gasteiger charge is 2.31. The van der Waals surface area contributed by atoms with Crippen molar-refractivity contribution >= 4 is 35.1 Å². The molecule has 0 aliphatic heterocycles. The van der Waals surface area contributed by atoms with Gasteiger partial charge in [-0.2, -0.15) is 13.2 Å². The van der Waals surface area contributed by atoms with Gasteiger partial charge in [0.2, 0.25) is 0 Å². The number of rotatable bonds is 7. The Morgan fingerprint density at radius 3 is 2.31 bits per heavy atom. The van der Waals surface area contributed by atoms with Crippen molar-refractivity contribution in [1.29, 1.82) is 0 Å². The summed E-state index contributed by atoms with van der Waals surface area (Å²) in [5.74, 6) is -1.42. The third-order valence-corrected chi connectivity index (χ3v) is 4.00. The van der Waals surface area contributed by atoms with Crippen molar-refractivity contribution in [3.05, 3.63) is 70.2 Å². The number of carbonyl (C=O) groups excluding carboxylic acids is 2. The van der Waals surface area contributed by atoms with Crippen LogP contribution in [0.3, 0.4) is 0 Å². The van der Waals surface area contributed by atoms with Gasteiger partial charge in [-0.1, -0.05) is 29.8 Å². The average molecular weight is 449 g/mol. The van der Waals surface area contributed by atoms with E-state index in [4.69, 9.17) is 32.7 Å². The van der Waals surface area contributed by atoms with E-state index in [2.05, 4.69) is 11.3 Å². The predicted molar refractivity (Wildman–Crippen MR) is 99.4 cm³/mol. The maximum atomic E-state index is 12.7. The van der Waals surface area contributed by atoms with Gasteiger partial charge in [-0.05, 0) is 36.4 Å². The Hall–Kier alpha value is -2.71. The molecule has 0 spiro atoms. The Kier molecular flexibility index (Phi) is 7.53. The normalized spacial score (nSPS) is 10.9. The fraction of sp³-hybridized carbons (Fsp3) is 0.158. The van der Waals surface area contributed by atoms with Gasteiger partial charge in [-0.25, -0.2) is 9.59 Å². The summed E-state index contributed by atoms with van der Waals surface area (Å²) in [7, 11) is 0. The van der Waals surface area contributed by atoms with Crippen molar-refractivity contribution < 1.29 is 37.0 Å². The van der Waals surface area contributed by atoms with Gasteiger partial charge >= 0.3 is 18.1 Å². The molecule has 0 atom stereocenters. The molecule has 0 N–H and O–H groups in total. The van der Waals surface area contributed by atoms with E-state index in [0.29, 0.717) is 0 Å². The van der Waals surface area contributed by atoms with Crippen LogP contribution in [0.15, 0.2) is 49.1 Å². The summed E-state index contributed by atoms with van der Waals surface area (Å²) >= 11 is 11.8. The van der Waals surface area contributed by atoms with Gasteiger partial charge in [0.05, 0.1) is 21.2 Å². The van der Waals surface area contributed by atoms with Crippen LogP contribution in [0.1, 0.15) is 15.9 Å². The second kappa shape index (κ2) is 9.67. The van der Waals surface area contributed by atoms with E-state index < -0.39 is 23.7 Å². The Morgan fingerprint density at radius 1 is 1.00 bits per heavy atom. The van der Waals surface area contributed by atoms with Crippen molar-refractivity contribution in [3.8, 4) is 11.5 Å². The fourth-order valence-corrected chi connectivity index (χ4v) is 2.44. The number of benzene rings is 2. The monoisotopic (exact) mass is 448 g/mol. The topological polar surface area (TPSA) is 61.8 Å². The van der Waals surface area contributed by atoms with Gasteiger partial charge in [-0.3, -0.25) is 0 Å². The van der Waals surface area contributed by atoms with E-state index in [1.54, 1.807) is 0 Å². The molecule has 10 heteroatoms. The first-order valence-corrected chi connectivity index (χ1v) is 8.68. The van der Waals surface area contributed by atoms with Crippen LogP contribution in [0.5, 0.6) is 11.5 Å². The van der Waals surface area contributed by atoms with Crippen LogP contribution < -0.4 is 4.74 Å². The molecule has 0 radical (unpaired) electrons. The molecule has 154 valence electrons. The van der Waals surface area contributed by atoms with Gasteiger partial charge < -0.3 is 14.2 Å². The summed E-state index contributed by atoms with van der Waals surface area (Å²) < 4.78 is 53.2. The number of hydrogen-bond donors (Lipinski definition) is 0. The average Bonchev–Trinajstić information content (AvgIpc) is 2.66. The molecule has 0 aromatic heterocycles. The van der Waals surface area contributed by atoms with Crippen LogP contribution in [-0.2, 0) is 20.4 Å². The number of carbonyl (C=O) groups is 2. The fourth-order valence-electron chi connectivity index (χ4n) is 2.02. The first kappa shape index (κ1) is 22.6. The lowest BCUT2D eigenvalue weighted by molar-refractivity contribution is -0.139. The SMILES string of the molecule is C=CC(=O)OCCOC(=O)c1cc(Oc2ccc(C(F)(F)F)cc2Cl)ccc1Cl. The van der Waals surface area contributed by atoms with E-state index in [1.165, 1.54) is 18.2 Å². The van der Waals surface area contributed by atoms with Crippen LogP contribution in [0, 0.1) is 0 Å². The third-order valence-electron chi connectivity index (χ3n) is 3.37. The highest BCUT2D eigenvalue weighted by Crippen LogP contribution is 2.37. The molecular weight excluding hydrogens is 436 g/mol. The van der Waals surface area contributed by atoms with E-state index in [9.17, 15) is 22.8 Å². The largest absolute Gasteiger partial charge is 0.459 e. The standard InChI is InChI=1S/C19H13Cl2F3O5/c1-2-17(25)27-7-8-28-18(26)13-10-12(4-5-14(13)20)29-16-6-3-11(9-15(16)21)19(22,23)24/h2-6,9-10H,1,7-8H2. The van der Waals surface area contributed by atoms with E-state index in [1.807, 2.05) is 0 Å². The van der Waals surface area contributed by atoms with E-state index in [-0.39, 0.29) is 40.3 Å². The molecule has 2 rings (SSSR count). The van der Waals surface area contributed by atoms with Crippen molar-refractivity contribution in [2.24, 2.45) is 0 Å². The van der Waals surface area contributed by atoms with Crippen molar-refractivity contribution in [2.45, 2.75) is 6.18 Å². The van der Waals surface area contributed by atoms with Gasteiger partial charge in [0.1, 0.15) is 24.7 Å². The van der Waals surface area contributed by atoms with Crippen molar-refractivity contribution in [3.63, 3.8) is 0 Å². The van der Waals surface area contributed by atoms with Gasteiger partial charge in [0.15, 0.2) is 0 Å². The molecule has 29 heavy (non-hydrogen) atoms. The summed E-state index contributed by atoms with van der Waals surface area (Å²) in [5.41, 5.74) is -0.977. The van der Waals surface area contributed by atoms with Crippen LogP contribution in [0.2, 0.25) is 10.0 Å². The van der Waals surface area contributed by atoms with E-state index >= 15 is 0 Å². The van der Waals surface area contributed by atoms with Crippen LogP contribution >= 0.6 is 23.2 Å². The maximum absolute atomic E-state index is 12.7. The minimum Gasteiger partial charge on any atom is -0.459 e. The molecule has 0 saturated heterocycles. The summed E-state index contributed by atoms with van der Waals surface area (Å²) in [5, 5.41) is -0.202. The molecule has 0 aliphatic carbocycles. The van der Waals surface area contributed by atoms with Crippen LogP contribution in [-0.4, -0.2) is 25.2 Å². The minimum absolute atomic E-state index is 0.0438. The van der Waals surface area contributed by atoms with Crippen molar-refractivity contribution in [1.82, 2.24) is 0 Å². The predicted octanol–water partition coefficient (Wildman–Crippen LogP) is 5.69. The first-order chi connectivity index (χ1) is 13.6. The van der Waals surface area contributed by atoms with Gasteiger partial charge in [0, 0.05) is 6.08 Å². The van der Waals surface area contributed by atoms with Gasteiger partial charge in [0.25, 0.3) is 0 Å². The quantitative estimate of drug-likeness (QED) is 0.309. The summed E-state index contributed by atoms with van der Waals surface area (Å²) in [4.78, 5) is 23.0. The second-order valence-corrected chi connectivity index (χ2v) is 6.21. The van der Waals surface area contributed by atoms with Crippen LogP contribution in [0.4, 0.5) is 13.2 Å². The molecule has 2 aromatic carbocycles. The molecule has 0 aliphatic rings. The first-order valence-electron chi connectivity index (χ1n) is 7.92. The Labute approximate surface area is 173 Å². The minimum atomic E-state index is -4.54. The zero-order valence-electron chi connectivity index (χ0n) is 14.6. The maximum Gasteiger partial charge on any atom is 0.416 e. The molecule has 0 bridgehead atoms. The number of alkyl halides is 3. The zero-order chi connectivity index (χ0) is 21.6. The third kappa shape index (κ3) is 6.40. The Bertz CT molecular complexity index is 929. The molecule has 0 fully saturated rings. The smallest absolute Gasteiger partial charge is 0.416 e. The lowest BCUT2D eigenvalue weighted by Crippen LogP contribution is -2.13. The highest BCUT2D eigenvalue weighted by molar-refractivity contribution is 6.33. The van der Waals surface area contributed by atoms with Gasteiger partial charge in [-0.15, -0.1) is 0 Å². The molecule has 0 unspecified atom stereocenters. The summed E-state index contributed by atoms with van der Waals surface area (Å²) in [6, 6.07) is 6.60. The molecule has 0 amide bonds. The molecule has 2 aromatic rings. The Morgan fingerprint density at radius 2 is 1.69 bits per heavy atom. The molecule has 5 nitrogen and oxygen atoms in total. The number of esters is 2. The lowest BCUT2D eigenvalue weighted by atomic mass is 10.2. The van der Waals surface area contributed by atoms with Crippen LogP contribution in [0.25, 0.3) is 0 Å². The molecule has 0 saturated carbocycles. The van der Waals surface area contributed by atoms with E-state index in [0.717, 1.165) is 24.3 Å². The summed E-state index contributed by atoms with van der Waals surface area (Å²) in [6.45, 7) is 2.83. The zero-order valence-corrected chi connectivity index (χ0v) is 16.1. The number of ether oxygens (including phenoxy) is 3. The van der Waals surface area contributed by atoms with Crippen molar-refractivity contribution in [2.75, 3.05) is 13.2 Å².